The molecule has 1 amide bonds. The normalized spacial score (nSPS) is 10.7. The summed E-state index contributed by atoms with van der Waals surface area (Å²) in [7, 11) is 0. The maximum atomic E-state index is 12.3. The van der Waals surface area contributed by atoms with Crippen molar-refractivity contribution in [1.29, 1.82) is 0 Å². The second-order valence-corrected chi connectivity index (χ2v) is 7.38. The highest BCUT2D eigenvalue weighted by Crippen LogP contribution is 2.24. The van der Waals surface area contributed by atoms with Gasteiger partial charge in [-0.1, -0.05) is 30.0 Å². The molecule has 2 aromatic heterocycles. The van der Waals surface area contributed by atoms with Gasteiger partial charge in [0.25, 0.3) is 0 Å². The van der Waals surface area contributed by atoms with Crippen LogP contribution in [0.15, 0.2) is 53.3 Å². The van der Waals surface area contributed by atoms with E-state index in [1.54, 1.807) is 17.7 Å². The van der Waals surface area contributed by atoms with Crippen molar-refractivity contribution >= 4 is 34.7 Å². The molecule has 0 spiro atoms. The fourth-order valence-electron chi connectivity index (χ4n) is 2.36. The number of rotatable bonds is 9. The second kappa shape index (κ2) is 9.40. The van der Waals surface area contributed by atoms with E-state index in [0.29, 0.717) is 18.0 Å². The molecule has 1 aromatic carbocycles. The van der Waals surface area contributed by atoms with Crippen LogP contribution in [0.3, 0.4) is 0 Å². The number of para-hydroxylation sites is 2. The topological polar surface area (TPSA) is 69.0 Å². The highest BCUT2D eigenvalue weighted by Gasteiger charge is 2.11. The first-order valence-electron chi connectivity index (χ1n) is 8.31. The monoisotopic (exact) mass is 388 g/mol. The molecule has 136 valence electrons. The van der Waals surface area contributed by atoms with Crippen LogP contribution in [-0.2, 0) is 17.8 Å². The largest absolute Gasteiger partial charge is 0.492 e. The molecule has 0 saturated carbocycles. The van der Waals surface area contributed by atoms with Crippen molar-refractivity contribution in [1.82, 2.24) is 14.8 Å². The average Bonchev–Trinajstić information content (AvgIpc) is 3.31. The van der Waals surface area contributed by atoms with Crippen LogP contribution in [0.5, 0.6) is 5.75 Å². The molecule has 3 aromatic rings. The molecule has 0 saturated heterocycles. The van der Waals surface area contributed by atoms with Crippen LogP contribution in [0.2, 0.25) is 0 Å². The second-order valence-electron chi connectivity index (χ2n) is 5.40. The predicted octanol–water partition coefficient (Wildman–Crippen LogP) is 3.71. The first kappa shape index (κ1) is 18.5. The third kappa shape index (κ3) is 5.09. The Morgan fingerprint density at radius 1 is 1.31 bits per heavy atom. The van der Waals surface area contributed by atoms with E-state index >= 15 is 0 Å². The van der Waals surface area contributed by atoms with Gasteiger partial charge in [0.2, 0.25) is 5.91 Å². The zero-order valence-corrected chi connectivity index (χ0v) is 16.1. The molecule has 3 rings (SSSR count). The lowest BCUT2D eigenvalue weighted by Crippen LogP contribution is -2.15. The Morgan fingerprint density at radius 2 is 2.19 bits per heavy atom. The van der Waals surface area contributed by atoms with Gasteiger partial charge >= 0.3 is 0 Å². The molecule has 6 nitrogen and oxygen atoms in total. The zero-order valence-electron chi connectivity index (χ0n) is 14.4. The van der Waals surface area contributed by atoms with Gasteiger partial charge < -0.3 is 14.6 Å². The van der Waals surface area contributed by atoms with Gasteiger partial charge in [0.05, 0.1) is 18.0 Å². The number of anilines is 1. The number of thiophene rings is 1. The number of hydrogen-bond donors (Lipinski definition) is 1. The van der Waals surface area contributed by atoms with Crippen molar-refractivity contribution in [3.8, 4) is 5.75 Å². The predicted molar refractivity (Wildman–Crippen MR) is 105 cm³/mol. The van der Waals surface area contributed by atoms with E-state index in [1.165, 1.54) is 16.6 Å². The number of hydrogen-bond acceptors (Lipinski definition) is 6. The van der Waals surface area contributed by atoms with E-state index < -0.39 is 0 Å². The van der Waals surface area contributed by atoms with Gasteiger partial charge in [0.15, 0.2) is 5.16 Å². The number of aryl methyl sites for hydroxylation is 2. The van der Waals surface area contributed by atoms with E-state index in [1.807, 2.05) is 41.8 Å². The lowest BCUT2D eigenvalue weighted by atomic mass is 10.3. The average molecular weight is 389 g/mol. The molecule has 0 fully saturated rings. The summed E-state index contributed by atoms with van der Waals surface area (Å²) in [6.07, 6.45) is 2.63. The fraction of sp³-hybridized carbons (Fsp3) is 0.278. The summed E-state index contributed by atoms with van der Waals surface area (Å²) >= 11 is 3.12. The molecule has 0 aliphatic rings. The summed E-state index contributed by atoms with van der Waals surface area (Å²) in [6.45, 7) is 3.26. The molecule has 8 heteroatoms. The minimum atomic E-state index is -0.102. The van der Waals surface area contributed by atoms with Crippen LogP contribution in [0.1, 0.15) is 11.8 Å². The molecule has 26 heavy (non-hydrogen) atoms. The number of nitrogens with one attached hydrogen (secondary N) is 1. The van der Waals surface area contributed by atoms with Crippen molar-refractivity contribution in [3.05, 3.63) is 53.0 Å². The third-order valence-electron chi connectivity index (χ3n) is 3.55. The van der Waals surface area contributed by atoms with Crippen LogP contribution in [-0.4, -0.2) is 33.0 Å². The number of carbonyl (C=O) groups is 1. The van der Waals surface area contributed by atoms with Crippen molar-refractivity contribution < 1.29 is 9.53 Å². The number of ether oxygens (including phenoxy) is 1. The fourth-order valence-corrected chi connectivity index (χ4v) is 3.80. The molecule has 0 bridgehead atoms. The minimum absolute atomic E-state index is 0.102. The number of nitrogens with zero attached hydrogens (tertiary/aromatic N) is 3. The smallest absolute Gasteiger partial charge is 0.234 e. The maximum absolute atomic E-state index is 12.3. The van der Waals surface area contributed by atoms with Gasteiger partial charge in [-0.05, 0) is 36.9 Å². The molecule has 1 N–H and O–H groups in total. The first-order valence-corrected chi connectivity index (χ1v) is 10.2. The molecule has 0 aliphatic carbocycles. The van der Waals surface area contributed by atoms with Crippen molar-refractivity contribution in [2.45, 2.75) is 25.0 Å². The highest BCUT2D eigenvalue weighted by atomic mass is 32.2. The summed E-state index contributed by atoms with van der Waals surface area (Å²) in [5.74, 6) is 0.834. The molecule has 0 radical (unpaired) electrons. The summed E-state index contributed by atoms with van der Waals surface area (Å²) in [5.41, 5.74) is 0.680. The van der Waals surface area contributed by atoms with E-state index in [2.05, 4.69) is 27.0 Å². The number of thioether (sulfide) groups is 1. The lowest BCUT2D eigenvalue weighted by Gasteiger charge is -2.11. The summed E-state index contributed by atoms with van der Waals surface area (Å²) < 4.78 is 7.51. The minimum Gasteiger partial charge on any atom is -0.492 e. The Labute approximate surface area is 160 Å². The molecule has 0 unspecified atom stereocenters. The van der Waals surface area contributed by atoms with Crippen LogP contribution in [0.4, 0.5) is 5.69 Å². The SMILES string of the molecule is CCOc1ccccc1NC(=O)CSc1nncn1CCc1cccs1. The van der Waals surface area contributed by atoms with Crippen LogP contribution >= 0.6 is 23.1 Å². The van der Waals surface area contributed by atoms with Crippen molar-refractivity contribution in [3.63, 3.8) is 0 Å². The van der Waals surface area contributed by atoms with E-state index in [-0.39, 0.29) is 11.7 Å². The van der Waals surface area contributed by atoms with Crippen LogP contribution in [0.25, 0.3) is 0 Å². The summed E-state index contributed by atoms with van der Waals surface area (Å²) in [5, 5.41) is 13.8. The summed E-state index contributed by atoms with van der Waals surface area (Å²) in [6, 6.07) is 11.6. The molecule has 0 aliphatic heterocycles. The molecule has 2 heterocycles. The highest BCUT2D eigenvalue weighted by molar-refractivity contribution is 7.99. The molecule has 0 atom stereocenters. The third-order valence-corrected chi connectivity index (χ3v) is 5.47. The Hall–Kier alpha value is -2.32. The lowest BCUT2D eigenvalue weighted by molar-refractivity contribution is -0.113. The van der Waals surface area contributed by atoms with Gasteiger partial charge in [-0.15, -0.1) is 21.5 Å². The number of carbonyl (C=O) groups excluding carboxylic acids is 1. The molecular formula is C18H20N4O2S2. The Bertz CT molecular complexity index is 833. The summed E-state index contributed by atoms with van der Waals surface area (Å²) in [4.78, 5) is 13.6. The van der Waals surface area contributed by atoms with E-state index in [0.717, 1.165) is 18.1 Å². The van der Waals surface area contributed by atoms with E-state index in [4.69, 9.17) is 4.74 Å². The number of aromatic nitrogens is 3. The van der Waals surface area contributed by atoms with Gasteiger partial charge in [0, 0.05) is 11.4 Å². The van der Waals surface area contributed by atoms with Crippen molar-refractivity contribution in [2.75, 3.05) is 17.7 Å². The van der Waals surface area contributed by atoms with Crippen LogP contribution in [0, 0.1) is 0 Å². The van der Waals surface area contributed by atoms with Crippen LogP contribution < -0.4 is 10.1 Å². The van der Waals surface area contributed by atoms with Gasteiger partial charge in [-0.25, -0.2) is 0 Å². The Balaban J connectivity index is 1.53. The quantitative estimate of drug-likeness (QED) is 0.566. The zero-order chi connectivity index (χ0) is 18.2. The van der Waals surface area contributed by atoms with E-state index in [9.17, 15) is 4.79 Å². The Kier molecular flexibility index (Phi) is 6.68. The number of amides is 1. The standard InChI is InChI=1S/C18H20N4O2S2/c1-2-24-16-8-4-3-7-15(16)20-17(23)12-26-18-21-19-13-22(18)10-9-14-6-5-11-25-14/h3-8,11,13H,2,9-10,12H2,1H3,(H,20,23). The maximum Gasteiger partial charge on any atom is 0.234 e. The van der Waals surface area contributed by atoms with Crippen molar-refractivity contribution in [2.24, 2.45) is 0 Å². The van der Waals surface area contributed by atoms with Gasteiger partial charge in [-0.3, -0.25) is 4.79 Å². The van der Waals surface area contributed by atoms with Gasteiger partial charge in [-0.2, -0.15) is 0 Å². The Morgan fingerprint density at radius 3 is 3.00 bits per heavy atom. The number of benzene rings is 1. The van der Waals surface area contributed by atoms with Gasteiger partial charge in [0.1, 0.15) is 12.1 Å². The molecular weight excluding hydrogens is 368 g/mol. The first-order chi connectivity index (χ1) is 12.8.